The van der Waals surface area contributed by atoms with Gasteiger partial charge in [0.1, 0.15) is 29.9 Å². The molecule has 4 N–H and O–H groups in total. The van der Waals surface area contributed by atoms with E-state index in [-0.39, 0.29) is 28.3 Å². The highest BCUT2D eigenvalue weighted by molar-refractivity contribution is 8.00. The Bertz CT molecular complexity index is 954. The Morgan fingerprint density at radius 1 is 1.50 bits per heavy atom. The number of nitrogens with two attached hydrogens (primary N) is 1. The number of anilines is 1. The van der Waals surface area contributed by atoms with Gasteiger partial charge in [-0.15, -0.1) is 23.1 Å². The van der Waals surface area contributed by atoms with E-state index in [0.717, 1.165) is 24.2 Å². The fourth-order valence-corrected chi connectivity index (χ4v) is 5.60. The molecule has 2 fully saturated rings. The third kappa shape index (κ3) is 3.52. The van der Waals surface area contributed by atoms with E-state index in [1.54, 1.807) is 5.38 Å². The fraction of sp³-hybridized carbons (Fsp3) is 0.471. The fourth-order valence-electron chi connectivity index (χ4n) is 3.64. The van der Waals surface area contributed by atoms with Crippen LogP contribution in [0.5, 0.6) is 0 Å². The molecule has 2 amide bonds. The number of aromatic nitrogens is 1. The van der Waals surface area contributed by atoms with Gasteiger partial charge in [-0.25, -0.2) is 9.78 Å². The van der Waals surface area contributed by atoms with Crippen LogP contribution in [0.15, 0.2) is 21.8 Å². The SMILES string of the molecule is CO/N=C(\C(=O)NC1C(=O)N2C(C(=O)O)=C(C3CCCO3)CSC12)c1csc(N)n1. The summed E-state index contributed by atoms with van der Waals surface area (Å²) in [6.07, 6.45) is 1.29. The summed E-state index contributed by atoms with van der Waals surface area (Å²) in [6, 6.07) is -0.888. The highest BCUT2D eigenvalue weighted by atomic mass is 32.2. The molecule has 0 saturated carbocycles. The van der Waals surface area contributed by atoms with Crippen LogP contribution in [0.2, 0.25) is 0 Å². The number of amides is 2. The third-order valence-corrected chi connectivity index (χ3v) is 6.94. The molecule has 3 atom stereocenters. The van der Waals surface area contributed by atoms with Gasteiger partial charge < -0.3 is 25.7 Å². The molecule has 0 radical (unpaired) electrons. The molecule has 0 spiro atoms. The molecule has 3 unspecified atom stereocenters. The number of thioether (sulfide) groups is 1. The van der Waals surface area contributed by atoms with Crippen molar-refractivity contribution in [2.75, 3.05) is 25.2 Å². The van der Waals surface area contributed by atoms with Gasteiger partial charge in [0.25, 0.3) is 11.8 Å². The zero-order valence-electron chi connectivity index (χ0n) is 15.9. The van der Waals surface area contributed by atoms with Gasteiger partial charge in [-0.05, 0) is 18.4 Å². The van der Waals surface area contributed by atoms with Crippen LogP contribution >= 0.6 is 23.1 Å². The molecule has 0 aromatic carbocycles. The maximum absolute atomic E-state index is 12.8. The van der Waals surface area contributed by atoms with E-state index in [9.17, 15) is 19.5 Å². The molecule has 3 aliphatic heterocycles. The monoisotopic (exact) mass is 453 g/mol. The summed E-state index contributed by atoms with van der Waals surface area (Å²) in [7, 11) is 1.28. The Hall–Kier alpha value is -2.64. The molecule has 11 nitrogen and oxygen atoms in total. The number of hydrogen-bond donors (Lipinski definition) is 3. The molecule has 13 heteroatoms. The first kappa shape index (κ1) is 20.6. The first-order valence-corrected chi connectivity index (χ1v) is 11.0. The van der Waals surface area contributed by atoms with Gasteiger partial charge in [0.05, 0.1) is 6.10 Å². The molecular formula is C17H19N5O6S2. The van der Waals surface area contributed by atoms with Crippen molar-refractivity contribution in [1.82, 2.24) is 15.2 Å². The van der Waals surface area contributed by atoms with Crippen molar-refractivity contribution in [3.63, 3.8) is 0 Å². The smallest absolute Gasteiger partial charge is 0.352 e. The van der Waals surface area contributed by atoms with Gasteiger partial charge >= 0.3 is 5.97 Å². The van der Waals surface area contributed by atoms with Crippen LogP contribution < -0.4 is 11.1 Å². The molecular weight excluding hydrogens is 434 g/mol. The highest BCUT2D eigenvalue weighted by Crippen LogP contribution is 2.42. The zero-order valence-corrected chi connectivity index (χ0v) is 17.5. The number of aliphatic carboxylic acids is 1. The van der Waals surface area contributed by atoms with E-state index < -0.39 is 29.2 Å². The Balaban J connectivity index is 1.53. The lowest BCUT2D eigenvalue weighted by atomic mass is 9.99. The number of nitrogen functional groups attached to an aromatic ring is 1. The van der Waals surface area contributed by atoms with Crippen molar-refractivity contribution in [2.45, 2.75) is 30.4 Å². The van der Waals surface area contributed by atoms with Crippen LogP contribution in [0.25, 0.3) is 0 Å². The number of fused-ring (bicyclic) bond motifs is 1. The Labute approximate surface area is 179 Å². The maximum Gasteiger partial charge on any atom is 0.352 e. The number of nitrogens with zero attached hydrogens (tertiary/aromatic N) is 3. The van der Waals surface area contributed by atoms with Gasteiger partial charge in [-0.3, -0.25) is 14.5 Å². The number of carbonyl (C=O) groups excluding carboxylic acids is 2. The van der Waals surface area contributed by atoms with E-state index in [1.807, 2.05) is 0 Å². The maximum atomic E-state index is 12.8. The van der Waals surface area contributed by atoms with E-state index in [1.165, 1.54) is 23.8 Å². The lowest BCUT2D eigenvalue weighted by molar-refractivity contribution is -0.150. The lowest BCUT2D eigenvalue weighted by Crippen LogP contribution is -2.71. The van der Waals surface area contributed by atoms with E-state index in [0.29, 0.717) is 17.9 Å². The summed E-state index contributed by atoms with van der Waals surface area (Å²) in [4.78, 5) is 47.4. The van der Waals surface area contributed by atoms with Crippen LogP contribution in [-0.4, -0.2) is 75.5 Å². The topological polar surface area (TPSA) is 156 Å². The minimum absolute atomic E-state index is 0.0424. The van der Waals surface area contributed by atoms with Crippen molar-refractivity contribution < 1.29 is 29.1 Å². The molecule has 4 rings (SSSR count). The quantitative estimate of drug-likeness (QED) is 0.306. The minimum Gasteiger partial charge on any atom is -0.477 e. The summed E-state index contributed by atoms with van der Waals surface area (Å²) in [6.45, 7) is 0.574. The van der Waals surface area contributed by atoms with Gasteiger partial charge in [0.2, 0.25) is 0 Å². The molecule has 1 aromatic rings. The van der Waals surface area contributed by atoms with Gasteiger partial charge in [0.15, 0.2) is 10.8 Å². The van der Waals surface area contributed by atoms with Crippen molar-refractivity contribution in [2.24, 2.45) is 5.16 Å². The molecule has 160 valence electrons. The summed E-state index contributed by atoms with van der Waals surface area (Å²) < 4.78 is 5.63. The molecule has 3 aliphatic rings. The number of rotatable bonds is 6. The number of thiazole rings is 1. The van der Waals surface area contributed by atoms with Gasteiger partial charge in [-0.1, -0.05) is 5.16 Å². The van der Waals surface area contributed by atoms with Gasteiger partial charge in [0, 0.05) is 17.7 Å². The second-order valence-electron chi connectivity index (χ2n) is 6.74. The van der Waals surface area contributed by atoms with Crippen LogP contribution in [-0.2, 0) is 24.0 Å². The van der Waals surface area contributed by atoms with Crippen LogP contribution in [0.3, 0.4) is 0 Å². The van der Waals surface area contributed by atoms with Crippen LogP contribution in [0.4, 0.5) is 5.13 Å². The summed E-state index contributed by atoms with van der Waals surface area (Å²) in [5.41, 5.74) is 6.29. The number of ether oxygens (including phenoxy) is 1. The number of nitrogens with one attached hydrogen (secondary N) is 1. The molecule has 4 heterocycles. The standard InChI is InChI=1S/C17H19N5O6S2/c1-27-21-10(8-6-30-17(18)19-8)13(23)20-11-14(24)22-12(16(25)26)7(5-29-15(11)22)9-3-2-4-28-9/h6,9,11,15H,2-5H2,1H3,(H2,18,19)(H,20,23)(H,25,26)/b21-10-. The molecule has 30 heavy (non-hydrogen) atoms. The second kappa shape index (κ2) is 8.24. The number of hydrogen-bond acceptors (Lipinski definition) is 10. The Kier molecular flexibility index (Phi) is 5.66. The normalized spacial score (nSPS) is 26.3. The van der Waals surface area contributed by atoms with Crippen LogP contribution in [0.1, 0.15) is 18.5 Å². The number of oxime groups is 1. The first-order valence-electron chi connectivity index (χ1n) is 9.08. The molecule has 0 bridgehead atoms. The average Bonchev–Trinajstić information content (AvgIpc) is 3.40. The van der Waals surface area contributed by atoms with E-state index in [2.05, 4.69) is 15.5 Å². The lowest BCUT2D eigenvalue weighted by Gasteiger charge is -2.49. The Morgan fingerprint density at radius 2 is 2.30 bits per heavy atom. The van der Waals surface area contributed by atoms with Crippen LogP contribution in [0, 0.1) is 0 Å². The number of carboxylic acids is 1. The number of carboxylic acid groups (broad SMARTS) is 1. The van der Waals surface area contributed by atoms with Gasteiger partial charge in [-0.2, -0.15) is 0 Å². The molecule has 1 aromatic heterocycles. The summed E-state index contributed by atoms with van der Waals surface area (Å²) >= 11 is 2.53. The van der Waals surface area contributed by atoms with E-state index >= 15 is 0 Å². The van der Waals surface area contributed by atoms with Crippen molar-refractivity contribution >= 4 is 51.7 Å². The first-order chi connectivity index (χ1) is 14.4. The van der Waals surface area contributed by atoms with Crippen molar-refractivity contribution in [1.29, 1.82) is 0 Å². The predicted molar refractivity (Wildman–Crippen MR) is 109 cm³/mol. The molecule has 0 aliphatic carbocycles. The Morgan fingerprint density at radius 3 is 2.90 bits per heavy atom. The number of β-lactam (4-membered cyclic amide) rings is 1. The summed E-state index contributed by atoms with van der Waals surface area (Å²) in [5.74, 6) is -1.92. The third-order valence-electron chi connectivity index (χ3n) is 4.97. The van der Waals surface area contributed by atoms with E-state index in [4.69, 9.17) is 15.3 Å². The average molecular weight is 454 g/mol. The largest absolute Gasteiger partial charge is 0.477 e. The predicted octanol–water partition coefficient (Wildman–Crippen LogP) is -0.00660. The second-order valence-corrected chi connectivity index (χ2v) is 8.73. The zero-order chi connectivity index (χ0) is 21.4. The minimum atomic E-state index is -1.18. The summed E-state index contributed by atoms with van der Waals surface area (Å²) in [5, 5.41) is 17.3. The van der Waals surface area contributed by atoms with Crippen molar-refractivity contribution in [3.05, 3.63) is 22.3 Å². The number of carbonyl (C=O) groups is 3. The van der Waals surface area contributed by atoms with Crippen molar-refractivity contribution in [3.8, 4) is 0 Å². The molecule has 2 saturated heterocycles. The highest BCUT2D eigenvalue weighted by Gasteiger charge is 2.55.